The van der Waals surface area contributed by atoms with Crippen molar-refractivity contribution < 1.29 is 0 Å². The number of benzene rings is 1. The van der Waals surface area contributed by atoms with E-state index in [1.165, 1.54) is 25.7 Å². The number of anilines is 1. The molecule has 4 heteroatoms. The molecule has 96 valence electrons. The van der Waals surface area contributed by atoms with E-state index < -0.39 is 0 Å². The molecule has 0 spiro atoms. The number of H-pyrrole nitrogens is 2. The summed E-state index contributed by atoms with van der Waals surface area (Å²) in [4.78, 5) is 16.8. The fourth-order valence-corrected chi connectivity index (χ4v) is 2.87. The van der Waals surface area contributed by atoms with Gasteiger partial charge in [-0.15, -0.1) is 0 Å². The molecule has 0 aliphatic heterocycles. The van der Waals surface area contributed by atoms with E-state index in [9.17, 15) is 4.79 Å². The van der Waals surface area contributed by atoms with Gasteiger partial charge in [0, 0.05) is 11.7 Å². The van der Waals surface area contributed by atoms with Gasteiger partial charge in [-0.25, -0.2) is 4.79 Å². The molecule has 3 N–H and O–H groups in total. The Morgan fingerprint density at radius 2 is 1.94 bits per heavy atom. The van der Waals surface area contributed by atoms with Gasteiger partial charge in [0.05, 0.1) is 11.0 Å². The lowest BCUT2D eigenvalue weighted by Gasteiger charge is -2.30. The third-order valence-corrected chi connectivity index (χ3v) is 3.98. The van der Waals surface area contributed by atoms with Crippen LogP contribution in [0.3, 0.4) is 0 Å². The SMILES string of the molecule is CC1CCCCC1Nc1ccc2[nH]c(=O)[nH]c2c1. The standard InChI is InChI=1S/C14H19N3O/c1-9-4-2-3-5-11(9)15-10-6-7-12-13(8-10)17-14(18)16-12/h6-9,11,15H,2-5H2,1H3,(H2,16,17,18). The minimum atomic E-state index is -0.145. The molecule has 18 heavy (non-hydrogen) atoms. The van der Waals surface area contributed by atoms with Crippen molar-refractivity contribution in [2.45, 2.75) is 38.6 Å². The summed E-state index contributed by atoms with van der Waals surface area (Å²) in [6.07, 6.45) is 5.21. The van der Waals surface area contributed by atoms with Crippen molar-refractivity contribution in [1.82, 2.24) is 9.97 Å². The summed E-state index contributed by atoms with van der Waals surface area (Å²) in [6, 6.07) is 6.55. The molecule has 3 rings (SSSR count). The first-order chi connectivity index (χ1) is 8.72. The van der Waals surface area contributed by atoms with E-state index in [1.807, 2.05) is 18.2 Å². The van der Waals surface area contributed by atoms with Crippen LogP contribution in [0.4, 0.5) is 5.69 Å². The van der Waals surface area contributed by atoms with Crippen LogP contribution in [0.2, 0.25) is 0 Å². The molecule has 4 nitrogen and oxygen atoms in total. The maximum absolute atomic E-state index is 11.2. The summed E-state index contributed by atoms with van der Waals surface area (Å²) < 4.78 is 0. The molecule has 1 aromatic heterocycles. The van der Waals surface area contributed by atoms with Crippen LogP contribution in [-0.4, -0.2) is 16.0 Å². The Bertz CT molecular complexity index is 598. The lowest BCUT2D eigenvalue weighted by molar-refractivity contribution is 0.349. The Hall–Kier alpha value is -1.71. The minimum Gasteiger partial charge on any atom is -0.382 e. The molecule has 1 aliphatic carbocycles. The summed E-state index contributed by atoms with van der Waals surface area (Å²) in [7, 11) is 0. The molecule has 0 bridgehead atoms. The first-order valence-electron chi connectivity index (χ1n) is 6.71. The largest absolute Gasteiger partial charge is 0.382 e. The normalized spacial score (nSPS) is 24.3. The zero-order chi connectivity index (χ0) is 12.5. The molecule has 1 fully saturated rings. The topological polar surface area (TPSA) is 60.7 Å². The monoisotopic (exact) mass is 245 g/mol. The van der Waals surface area contributed by atoms with Gasteiger partial charge >= 0.3 is 5.69 Å². The highest BCUT2D eigenvalue weighted by molar-refractivity contribution is 5.78. The molecule has 1 heterocycles. The van der Waals surface area contributed by atoms with E-state index in [0.717, 1.165) is 22.6 Å². The van der Waals surface area contributed by atoms with Gasteiger partial charge in [-0.05, 0) is 37.0 Å². The van der Waals surface area contributed by atoms with Crippen molar-refractivity contribution in [3.8, 4) is 0 Å². The first-order valence-corrected chi connectivity index (χ1v) is 6.71. The maximum atomic E-state index is 11.2. The van der Waals surface area contributed by atoms with Gasteiger partial charge < -0.3 is 15.3 Å². The van der Waals surface area contributed by atoms with Crippen LogP contribution in [0.25, 0.3) is 11.0 Å². The van der Waals surface area contributed by atoms with E-state index in [4.69, 9.17) is 0 Å². The van der Waals surface area contributed by atoms with Crippen LogP contribution in [0.15, 0.2) is 23.0 Å². The molecular weight excluding hydrogens is 226 g/mol. The quantitative estimate of drug-likeness (QED) is 0.762. The van der Waals surface area contributed by atoms with Crippen molar-refractivity contribution in [3.05, 3.63) is 28.7 Å². The second-order valence-corrected chi connectivity index (χ2v) is 5.35. The summed E-state index contributed by atoms with van der Waals surface area (Å²) >= 11 is 0. The second kappa shape index (κ2) is 4.52. The van der Waals surface area contributed by atoms with Gasteiger partial charge in [-0.3, -0.25) is 0 Å². The van der Waals surface area contributed by atoms with E-state index in [-0.39, 0.29) is 5.69 Å². The van der Waals surface area contributed by atoms with E-state index >= 15 is 0 Å². The lowest BCUT2D eigenvalue weighted by atomic mass is 9.86. The minimum absolute atomic E-state index is 0.145. The van der Waals surface area contributed by atoms with Crippen LogP contribution in [0.1, 0.15) is 32.6 Å². The number of aromatic amines is 2. The molecular formula is C14H19N3O. The maximum Gasteiger partial charge on any atom is 0.323 e. The van der Waals surface area contributed by atoms with Crippen molar-refractivity contribution in [3.63, 3.8) is 0 Å². The Kier molecular flexibility index (Phi) is 2.86. The van der Waals surface area contributed by atoms with E-state index in [2.05, 4.69) is 22.2 Å². The van der Waals surface area contributed by atoms with Gasteiger partial charge in [-0.1, -0.05) is 19.8 Å². The summed E-state index contributed by atoms with van der Waals surface area (Å²) in [5.74, 6) is 0.722. The van der Waals surface area contributed by atoms with E-state index in [1.54, 1.807) is 0 Å². The Labute approximate surface area is 106 Å². The number of fused-ring (bicyclic) bond motifs is 1. The van der Waals surface area contributed by atoms with Crippen molar-refractivity contribution in [2.24, 2.45) is 5.92 Å². The average molecular weight is 245 g/mol. The molecule has 0 saturated heterocycles. The lowest BCUT2D eigenvalue weighted by Crippen LogP contribution is -2.30. The van der Waals surface area contributed by atoms with Crippen molar-refractivity contribution >= 4 is 16.7 Å². The van der Waals surface area contributed by atoms with Gasteiger partial charge in [0.15, 0.2) is 0 Å². The summed E-state index contributed by atoms with van der Waals surface area (Å²) in [6.45, 7) is 2.31. The summed E-state index contributed by atoms with van der Waals surface area (Å²) in [5, 5.41) is 3.60. The fraction of sp³-hybridized carbons (Fsp3) is 0.500. The zero-order valence-corrected chi connectivity index (χ0v) is 10.6. The smallest absolute Gasteiger partial charge is 0.323 e. The predicted octanol–water partition coefficient (Wildman–Crippen LogP) is 2.85. The van der Waals surface area contributed by atoms with E-state index in [0.29, 0.717) is 6.04 Å². The Morgan fingerprint density at radius 1 is 1.17 bits per heavy atom. The highest BCUT2D eigenvalue weighted by Gasteiger charge is 2.20. The number of aromatic nitrogens is 2. The first kappa shape index (κ1) is 11.4. The number of hydrogen-bond acceptors (Lipinski definition) is 2. The zero-order valence-electron chi connectivity index (χ0n) is 10.6. The highest BCUT2D eigenvalue weighted by Crippen LogP contribution is 2.27. The number of nitrogens with one attached hydrogen (secondary N) is 3. The second-order valence-electron chi connectivity index (χ2n) is 5.35. The molecule has 2 atom stereocenters. The third-order valence-electron chi connectivity index (χ3n) is 3.98. The number of imidazole rings is 1. The highest BCUT2D eigenvalue weighted by atomic mass is 16.1. The molecule has 2 unspecified atom stereocenters. The van der Waals surface area contributed by atoms with Gasteiger partial charge in [0.1, 0.15) is 0 Å². The molecule has 1 saturated carbocycles. The van der Waals surface area contributed by atoms with Crippen molar-refractivity contribution in [2.75, 3.05) is 5.32 Å². The van der Waals surface area contributed by atoms with Gasteiger partial charge in [-0.2, -0.15) is 0 Å². The predicted molar refractivity (Wildman–Crippen MR) is 74.0 cm³/mol. The molecule has 0 radical (unpaired) electrons. The molecule has 1 aromatic carbocycles. The van der Waals surface area contributed by atoms with Crippen LogP contribution in [-0.2, 0) is 0 Å². The van der Waals surface area contributed by atoms with Crippen LogP contribution in [0.5, 0.6) is 0 Å². The van der Waals surface area contributed by atoms with Gasteiger partial charge in [0.2, 0.25) is 0 Å². The number of hydrogen-bond donors (Lipinski definition) is 3. The third kappa shape index (κ3) is 2.15. The molecule has 0 amide bonds. The average Bonchev–Trinajstić information content (AvgIpc) is 2.71. The van der Waals surface area contributed by atoms with Gasteiger partial charge in [0.25, 0.3) is 0 Å². The molecule has 1 aliphatic rings. The molecule has 2 aromatic rings. The van der Waals surface area contributed by atoms with Crippen LogP contribution < -0.4 is 11.0 Å². The fourth-order valence-electron chi connectivity index (χ4n) is 2.87. The Morgan fingerprint density at radius 3 is 2.78 bits per heavy atom. The Balaban J connectivity index is 1.83. The van der Waals surface area contributed by atoms with Crippen molar-refractivity contribution in [1.29, 1.82) is 0 Å². The summed E-state index contributed by atoms with van der Waals surface area (Å²) in [5.41, 5.74) is 2.68. The van der Waals surface area contributed by atoms with Crippen LogP contribution >= 0.6 is 0 Å². The van der Waals surface area contributed by atoms with Crippen LogP contribution in [0, 0.1) is 5.92 Å². The number of rotatable bonds is 2.